The van der Waals surface area contributed by atoms with Crippen LogP contribution in [0.1, 0.15) is 19.8 Å². The van der Waals surface area contributed by atoms with Crippen molar-refractivity contribution in [2.45, 2.75) is 19.8 Å². The van der Waals surface area contributed by atoms with Gasteiger partial charge in [-0.05, 0) is 11.3 Å². The van der Waals surface area contributed by atoms with Gasteiger partial charge in [-0.3, -0.25) is 0 Å². The topological polar surface area (TPSA) is 0 Å². The average Bonchev–Trinajstić information content (AvgIpc) is 1.69. The largest absolute Gasteiger partial charge is 0.0905 e. The Labute approximate surface area is 53.4 Å². The maximum absolute atomic E-state index is 3.00. The number of rotatable bonds is 2. The zero-order chi connectivity index (χ0) is 5.54. The summed E-state index contributed by atoms with van der Waals surface area (Å²) in [6, 6.07) is 0. The van der Waals surface area contributed by atoms with Crippen molar-refractivity contribution in [2.75, 3.05) is 0 Å². The number of halogens is 1. The van der Waals surface area contributed by atoms with E-state index in [1.807, 2.05) is 0 Å². The molecular formula is C6H8Br. The van der Waals surface area contributed by atoms with Gasteiger partial charge in [0, 0.05) is 22.4 Å². The van der Waals surface area contributed by atoms with Crippen molar-refractivity contribution in [1.29, 1.82) is 0 Å². The maximum Gasteiger partial charge on any atom is 0.0129 e. The van der Waals surface area contributed by atoms with Crippen LogP contribution in [-0.2, 0) is 0 Å². The minimum atomic E-state index is 0.905. The molecule has 0 atom stereocenters. The van der Waals surface area contributed by atoms with Crippen LogP contribution in [0.15, 0.2) is 0 Å². The molecule has 0 unspecified atom stereocenters. The third-order valence-electron chi connectivity index (χ3n) is 0.602. The van der Waals surface area contributed by atoms with Crippen LogP contribution in [0.4, 0.5) is 0 Å². The Balaban J connectivity index is 2.78. The molecule has 0 saturated heterocycles. The Morgan fingerprint density at radius 1 is 1.71 bits per heavy atom. The van der Waals surface area contributed by atoms with Crippen molar-refractivity contribution in [2.24, 2.45) is 0 Å². The summed E-state index contributed by atoms with van der Waals surface area (Å²) in [6.07, 6.45) is 4.15. The Hall–Kier alpha value is 0.0400. The smallest absolute Gasteiger partial charge is 0.0129 e. The van der Waals surface area contributed by atoms with E-state index in [-0.39, 0.29) is 0 Å². The molecule has 0 bridgehead atoms. The first-order chi connectivity index (χ1) is 3.41. The summed E-state index contributed by atoms with van der Waals surface area (Å²) in [6.45, 7) is 2.11. The van der Waals surface area contributed by atoms with Gasteiger partial charge in [-0.25, -0.2) is 0 Å². The van der Waals surface area contributed by atoms with Crippen molar-refractivity contribution >= 4 is 15.9 Å². The van der Waals surface area contributed by atoms with Crippen LogP contribution < -0.4 is 0 Å². The van der Waals surface area contributed by atoms with E-state index in [2.05, 4.69) is 40.0 Å². The summed E-state index contributed by atoms with van der Waals surface area (Å²) >= 11 is 3.00. The fourth-order valence-corrected chi connectivity index (χ4v) is 0.417. The van der Waals surface area contributed by atoms with E-state index in [1.54, 1.807) is 0 Å². The van der Waals surface area contributed by atoms with Crippen molar-refractivity contribution in [3.05, 3.63) is 6.42 Å². The lowest BCUT2D eigenvalue weighted by Crippen LogP contribution is -1.65. The Kier molecular flexibility index (Phi) is 6.07. The Morgan fingerprint density at radius 2 is 2.43 bits per heavy atom. The number of hydrogen-bond acceptors (Lipinski definition) is 0. The summed E-state index contributed by atoms with van der Waals surface area (Å²) in [7, 11) is 0. The molecule has 7 heavy (non-hydrogen) atoms. The molecule has 0 fully saturated rings. The van der Waals surface area contributed by atoms with Gasteiger partial charge in [0.05, 0.1) is 0 Å². The minimum absolute atomic E-state index is 0.905. The second-order valence-electron chi connectivity index (χ2n) is 1.17. The first-order valence-electron chi connectivity index (χ1n) is 2.32. The molecule has 0 N–H and O–H groups in total. The van der Waals surface area contributed by atoms with E-state index < -0.39 is 0 Å². The minimum Gasteiger partial charge on any atom is -0.0905 e. The van der Waals surface area contributed by atoms with E-state index in [9.17, 15) is 0 Å². The fourth-order valence-electron chi connectivity index (χ4n) is 0.255. The van der Waals surface area contributed by atoms with Crippen LogP contribution in [0, 0.1) is 17.2 Å². The van der Waals surface area contributed by atoms with Gasteiger partial charge in [0.1, 0.15) is 0 Å². The lowest BCUT2D eigenvalue weighted by molar-refractivity contribution is 1.04. The van der Waals surface area contributed by atoms with Crippen molar-refractivity contribution in [3.8, 4) is 10.8 Å². The fraction of sp³-hybridized carbons (Fsp3) is 0.500. The second kappa shape index (κ2) is 6.04. The van der Waals surface area contributed by atoms with Crippen molar-refractivity contribution < 1.29 is 0 Å². The van der Waals surface area contributed by atoms with Gasteiger partial charge in [-0.2, -0.15) is 0 Å². The highest BCUT2D eigenvalue weighted by molar-refractivity contribution is 9.12. The molecule has 0 aromatic carbocycles. The van der Waals surface area contributed by atoms with Crippen LogP contribution in [0.5, 0.6) is 0 Å². The zero-order valence-electron chi connectivity index (χ0n) is 4.37. The molecule has 1 heteroatoms. The predicted octanol–water partition coefficient (Wildman–Crippen LogP) is 2.35. The molecule has 0 aliphatic heterocycles. The molecular weight excluding hydrogens is 152 g/mol. The highest BCUT2D eigenvalue weighted by atomic mass is 79.9. The third-order valence-corrected chi connectivity index (χ3v) is 0.882. The van der Waals surface area contributed by atoms with E-state index in [4.69, 9.17) is 0 Å². The molecule has 0 heterocycles. The zero-order valence-corrected chi connectivity index (χ0v) is 5.96. The summed E-state index contributed by atoms with van der Waals surface area (Å²) in [5.74, 6) is 2.86. The average molecular weight is 160 g/mol. The van der Waals surface area contributed by atoms with E-state index in [1.165, 1.54) is 0 Å². The Morgan fingerprint density at radius 3 is 2.86 bits per heavy atom. The summed E-state index contributed by atoms with van der Waals surface area (Å²) in [5, 5.41) is 0. The highest BCUT2D eigenvalue weighted by Crippen LogP contribution is 1.88. The van der Waals surface area contributed by atoms with Gasteiger partial charge < -0.3 is 0 Å². The number of unbranched alkanes of at least 4 members (excludes halogenated alkanes) is 2. The predicted molar refractivity (Wildman–Crippen MR) is 35.9 cm³/mol. The van der Waals surface area contributed by atoms with Gasteiger partial charge in [-0.15, -0.1) is 0 Å². The molecule has 0 rings (SSSR count). The van der Waals surface area contributed by atoms with E-state index in [0.717, 1.165) is 12.8 Å². The van der Waals surface area contributed by atoms with Gasteiger partial charge in [-0.1, -0.05) is 19.3 Å². The third kappa shape index (κ3) is 6.04. The standard InChI is InChI=1S/C6H8Br/c1-2-3-4-5-6-7/h3H,2,4H2,1H3. The van der Waals surface area contributed by atoms with Crippen LogP contribution in [0.2, 0.25) is 0 Å². The second-order valence-corrected chi connectivity index (χ2v) is 1.57. The maximum atomic E-state index is 3.00. The van der Waals surface area contributed by atoms with E-state index in [0.29, 0.717) is 0 Å². The number of hydrogen-bond donors (Lipinski definition) is 0. The van der Waals surface area contributed by atoms with Gasteiger partial charge >= 0.3 is 0 Å². The molecule has 39 valence electrons. The normalized spacial score (nSPS) is 7.14. The van der Waals surface area contributed by atoms with Crippen molar-refractivity contribution in [1.82, 2.24) is 0 Å². The van der Waals surface area contributed by atoms with Gasteiger partial charge in [0.25, 0.3) is 0 Å². The molecule has 0 nitrogen and oxygen atoms in total. The lowest BCUT2D eigenvalue weighted by Gasteiger charge is -1.79. The first kappa shape index (κ1) is 7.04. The van der Waals surface area contributed by atoms with Crippen LogP contribution in [-0.4, -0.2) is 0 Å². The molecule has 0 aliphatic rings. The van der Waals surface area contributed by atoms with Gasteiger partial charge in [0.15, 0.2) is 0 Å². The molecule has 0 saturated carbocycles. The van der Waals surface area contributed by atoms with Crippen LogP contribution in [0.3, 0.4) is 0 Å². The van der Waals surface area contributed by atoms with E-state index >= 15 is 0 Å². The molecule has 0 aromatic rings. The quantitative estimate of drug-likeness (QED) is 0.429. The van der Waals surface area contributed by atoms with Crippen LogP contribution >= 0.6 is 15.9 Å². The SMILES string of the molecule is CC[CH]CC#CBr. The van der Waals surface area contributed by atoms with Crippen molar-refractivity contribution in [3.63, 3.8) is 0 Å². The Bertz CT molecular complexity index is 75.9. The first-order valence-corrected chi connectivity index (χ1v) is 3.11. The summed E-state index contributed by atoms with van der Waals surface area (Å²) in [5.41, 5.74) is 0. The monoisotopic (exact) mass is 159 g/mol. The molecule has 0 aliphatic carbocycles. The molecule has 0 aromatic heterocycles. The van der Waals surface area contributed by atoms with Crippen LogP contribution in [0.25, 0.3) is 0 Å². The lowest BCUT2D eigenvalue weighted by atomic mass is 10.3. The molecule has 0 spiro atoms. The van der Waals surface area contributed by atoms with Gasteiger partial charge in [0.2, 0.25) is 0 Å². The highest BCUT2D eigenvalue weighted by Gasteiger charge is 1.73. The molecule has 0 amide bonds. The summed E-state index contributed by atoms with van der Waals surface area (Å²) in [4.78, 5) is 2.63. The summed E-state index contributed by atoms with van der Waals surface area (Å²) < 4.78 is 0. The molecule has 1 radical (unpaired) electrons.